The number of ether oxygens (including phenoxy) is 1. The Balaban J connectivity index is 1.27. The Morgan fingerprint density at radius 2 is 1.75 bits per heavy atom. The number of aromatic nitrogens is 2. The molecule has 140 valence electrons. The van der Waals surface area contributed by atoms with Gasteiger partial charge in [0, 0.05) is 41.8 Å². The van der Waals surface area contributed by atoms with Crippen molar-refractivity contribution in [3.8, 4) is 11.3 Å². The molecule has 5 rings (SSSR count). The van der Waals surface area contributed by atoms with Gasteiger partial charge in [0.05, 0.1) is 24.3 Å². The van der Waals surface area contributed by atoms with Crippen molar-refractivity contribution in [3.63, 3.8) is 0 Å². The molecule has 2 fully saturated rings. The van der Waals surface area contributed by atoms with Crippen LogP contribution in [0.5, 0.6) is 0 Å². The maximum atomic E-state index is 10.8. The van der Waals surface area contributed by atoms with E-state index in [4.69, 9.17) is 4.74 Å². The van der Waals surface area contributed by atoms with Gasteiger partial charge in [0.15, 0.2) is 0 Å². The molecule has 0 unspecified atom stereocenters. The van der Waals surface area contributed by atoms with Crippen LogP contribution in [0.2, 0.25) is 0 Å². The Morgan fingerprint density at radius 1 is 1.00 bits per heavy atom. The predicted octanol–water partition coefficient (Wildman–Crippen LogP) is 3.54. The van der Waals surface area contributed by atoms with Crippen molar-refractivity contribution < 1.29 is 9.53 Å². The number of anilines is 3. The highest BCUT2D eigenvalue weighted by atomic mass is 16.5. The first-order valence-corrected chi connectivity index (χ1v) is 9.32. The summed E-state index contributed by atoms with van der Waals surface area (Å²) in [7, 11) is 0. The van der Waals surface area contributed by atoms with E-state index in [0.29, 0.717) is 16.9 Å². The van der Waals surface area contributed by atoms with Crippen LogP contribution >= 0.6 is 0 Å². The van der Waals surface area contributed by atoms with Crippen molar-refractivity contribution in [2.75, 3.05) is 36.5 Å². The quantitative estimate of drug-likeness (QED) is 0.691. The molecule has 1 aromatic heterocycles. The largest absolute Gasteiger partial charge is 0.380 e. The monoisotopic (exact) mass is 372 g/mol. The predicted molar refractivity (Wildman–Crippen MR) is 108 cm³/mol. The molecule has 0 radical (unpaired) electrons. The van der Waals surface area contributed by atoms with E-state index >= 15 is 0 Å². The van der Waals surface area contributed by atoms with E-state index < -0.39 is 0 Å². The zero-order valence-electron chi connectivity index (χ0n) is 15.3. The van der Waals surface area contributed by atoms with E-state index in [9.17, 15) is 4.79 Å². The van der Waals surface area contributed by atoms with E-state index in [1.807, 2.05) is 30.3 Å². The summed E-state index contributed by atoms with van der Waals surface area (Å²) in [5.41, 5.74) is 4.98. The van der Waals surface area contributed by atoms with Gasteiger partial charge in [-0.1, -0.05) is 24.3 Å². The summed E-state index contributed by atoms with van der Waals surface area (Å²) >= 11 is 0. The molecule has 2 aromatic carbocycles. The molecular weight excluding hydrogens is 352 g/mol. The van der Waals surface area contributed by atoms with Gasteiger partial charge in [-0.15, -0.1) is 0 Å². The maximum absolute atomic E-state index is 10.8. The Labute approximate surface area is 163 Å². The van der Waals surface area contributed by atoms with Crippen LogP contribution in [0.3, 0.4) is 0 Å². The molecule has 0 amide bonds. The van der Waals surface area contributed by atoms with Gasteiger partial charge in [0.2, 0.25) is 5.95 Å². The van der Waals surface area contributed by atoms with E-state index in [0.717, 1.165) is 49.5 Å². The third kappa shape index (κ3) is 3.12. The average molecular weight is 372 g/mol. The molecule has 0 atom stereocenters. The highest BCUT2D eigenvalue weighted by Gasteiger charge is 2.48. The van der Waals surface area contributed by atoms with Crippen LogP contribution in [0.25, 0.3) is 11.3 Å². The fourth-order valence-corrected chi connectivity index (χ4v) is 3.72. The second-order valence-corrected chi connectivity index (χ2v) is 7.53. The Bertz CT molecular complexity index is 990. The molecule has 0 bridgehead atoms. The second-order valence-electron chi connectivity index (χ2n) is 7.53. The fourth-order valence-electron chi connectivity index (χ4n) is 3.72. The van der Waals surface area contributed by atoms with Gasteiger partial charge in [-0.05, 0) is 30.3 Å². The molecule has 3 heterocycles. The van der Waals surface area contributed by atoms with E-state index in [1.165, 1.54) is 5.69 Å². The van der Waals surface area contributed by atoms with Crippen LogP contribution in [0, 0.1) is 5.41 Å². The number of carbonyl (C=O) groups is 1. The van der Waals surface area contributed by atoms with Crippen molar-refractivity contribution in [3.05, 3.63) is 66.4 Å². The molecule has 0 aliphatic carbocycles. The summed E-state index contributed by atoms with van der Waals surface area (Å²) in [6.07, 6.45) is 2.56. The highest BCUT2D eigenvalue weighted by Crippen LogP contribution is 2.40. The van der Waals surface area contributed by atoms with E-state index in [-0.39, 0.29) is 0 Å². The number of nitrogens with one attached hydrogen (secondary N) is 1. The van der Waals surface area contributed by atoms with Crippen molar-refractivity contribution in [2.45, 2.75) is 0 Å². The smallest absolute Gasteiger partial charge is 0.227 e. The van der Waals surface area contributed by atoms with Crippen molar-refractivity contribution in [1.82, 2.24) is 9.97 Å². The lowest BCUT2D eigenvalue weighted by Crippen LogP contribution is -2.66. The number of aldehydes is 1. The van der Waals surface area contributed by atoms with Gasteiger partial charge in [0.1, 0.15) is 6.29 Å². The molecular formula is C22H20N4O2. The van der Waals surface area contributed by atoms with Crippen LogP contribution in [0.15, 0.2) is 60.8 Å². The summed E-state index contributed by atoms with van der Waals surface area (Å²) in [6.45, 7) is 3.95. The summed E-state index contributed by atoms with van der Waals surface area (Å²) in [5.74, 6) is 0.541. The van der Waals surface area contributed by atoms with Crippen LogP contribution in [-0.2, 0) is 4.74 Å². The molecule has 6 nitrogen and oxygen atoms in total. The Morgan fingerprint density at radius 3 is 2.39 bits per heavy atom. The summed E-state index contributed by atoms with van der Waals surface area (Å²) in [5, 5.41) is 3.26. The number of nitrogens with zero attached hydrogens (tertiary/aromatic N) is 3. The lowest BCUT2D eigenvalue weighted by molar-refractivity contribution is -0.127. The van der Waals surface area contributed by atoms with Crippen LogP contribution in [0.4, 0.5) is 17.3 Å². The van der Waals surface area contributed by atoms with Crippen molar-refractivity contribution in [1.29, 1.82) is 0 Å². The number of hydrogen-bond donors (Lipinski definition) is 1. The number of rotatable bonds is 5. The maximum Gasteiger partial charge on any atom is 0.227 e. The molecule has 28 heavy (non-hydrogen) atoms. The summed E-state index contributed by atoms with van der Waals surface area (Å²) in [6, 6.07) is 17.5. The van der Waals surface area contributed by atoms with Crippen LogP contribution in [-0.4, -0.2) is 42.6 Å². The Kier molecular flexibility index (Phi) is 4.06. The number of benzene rings is 2. The first-order chi connectivity index (χ1) is 13.7. The minimum Gasteiger partial charge on any atom is -0.380 e. The molecule has 1 spiro atoms. The highest BCUT2D eigenvalue weighted by molar-refractivity contribution is 5.76. The van der Waals surface area contributed by atoms with Crippen molar-refractivity contribution >= 4 is 23.6 Å². The minimum atomic E-state index is 0.412. The van der Waals surface area contributed by atoms with E-state index in [2.05, 4.69) is 32.3 Å². The minimum absolute atomic E-state index is 0.412. The van der Waals surface area contributed by atoms with Gasteiger partial charge in [-0.3, -0.25) is 4.79 Å². The Hall–Kier alpha value is -3.25. The van der Waals surface area contributed by atoms with Crippen LogP contribution in [0.1, 0.15) is 10.4 Å². The van der Waals surface area contributed by atoms with Gasteiger partial charge in [-0.2, -0.15) is 0 Å². The SMILES string of the molecule is O=Cc1ccc(-c2ccnc(Nc3ccc(N4CC5(COC5)C4)cc3)n2)cc1. The molecule has 2 saturated heterocycles. The lowest BCUT2D eigenvalue weighted by atomic mass is 9.78. The zero-order valence-corrected chi connectivity index (χ0v) is 15.3. The van der Waals surface area contributed by atoms with Gasteiger partial charge >= 0.3 is 0 Å². The molecule has 3 aromatic rings. The molecule has 1 N–H and O–H groups in total. The molecule has 0 saturated carbocycles. The van der Waals surface area contributed by atoms with E-state index in [1.54, 1.807) is 18.3 Å². The first kappa shape index (κ1) is 16.9. The molecule has 2 aliphatic heterocycles. The lowest BCUT2D eigenvalue weighted by Gasteiger charge is -2.56. The summed E-state index contributed by atoms with van der Waals surface area (Å²) in [4.78, 5) is 22.1. The average Bonchev–Trinajstić information content (AvgIpc) is 2.67. The van der Waals surface area contributed by atoms with Gasteiger partial charge in [0.25, 0.3) is 0 Å². The van der Waals surface area contributed by atoms with Gasteiger partial charge in [-0.25, -0.2) is 9.97 Å². The molecule has 6 heteroatoms. The number of hydrogen-bond acceptors (Lipinski definition) is 6. The second kappa shape index (κ2) is 6.73. The third-order valence-electron chi connectivity index (χ3n) is 5.36. The third-order valence-corrected chi connectivity index (χ3v) is 5.36. The number of carbonyl (C=O) groups excluding carboxylic acids is 1. The topological polar surface area (TPSA) is 67.4 Å². The van der Waals surface area contributed by atoms with Gasteiger partial charge < -0.3 is 15.0 Å². The first-order valence-electron chi connectivity index (χ1n) is 9.32. The van der Waals surface area contributed by atoms with Crippen LogP contribution < -0.4 is 10.2 Å². The summed E-state index contributed by atoms with van der Waals surface area (Å²) < 4.78 is 5.34. The van der Waals surface area contributed by atoms with Crippen molar-refractivity contribution in [2.24, 2.45) is 5.41 Å². The standard InChI is InChI=1S/C22H20N4O2/c27-11-16-1-3-17(4-2-16)20-9-10-23-21(25-20)24-18-5-7-19(8-6-18)26-12-22(13-26)14-28-15-22/h1-11H,12-15H2,(H,23,24,25). The molecule has 2 aliphatic rings. The zero-order chi connectivity index (χ0) is 19.0. The fraction of sp³-hybridized carbons (Fsp3) is 0.227. The normalized spacial score (nSPS) is 16.9.